The van der Waals surface area contributed by atoms with E-state index in [4.69, 9.17) is 4.74 Å². The fourth-order valence-corrected chi connectivity index (χ4v) is 2.19. The molecule has 9 nitrogen and oxygen atoms in total. The molecular weight excluding hydrogens is 395 g/mol. The van der Waals surface area contributed by atoms with E-state index in [-0.39, 0.29) is 23.1 Å². The lowest BCUT2D eigenvalue weighted by Gasteiger charge is -2.09. The Hall–Kier alpha value is -3.44. The summed E-state index contributed by atoms with van der Waals surface area (Å²) in [7, 11) is 0. The maximum atomic E-state index is 12.6. The Bertz CT molecular complexity index is 907. The van der Waals surface area contributed by atoms with Crippen molar-refractivity contribution >= 4 is 17.9 Å². The minimum Gasteiger partial charge on any atom is -0.452 e. The molecule has 2 aromatic rings. The fraction of sp³-hybridized carbons (Fsp3) is 0.353. The van der Waals surface area contributed by atoms with Crippen LogP contribution in [-0.2, 0) is 15.7 Å². The second-order valence-electron chi connectivity index (χ2n) is 6.21. The van der Waals surface area contributed by atoms with E-state index < -0.39 is 36.3 Å². The fourth-order valence-electron chi connectivity index (χ4n) is 2.19. The number of carbonyl (C=O) groups excluding carboxylic acids is 3. The first-order valence-electron chi connectivity index (χ1n) is 8.34. The number of amides is 3. The Balaban J connectivity index is 2.02. The van der Waals surface area contributed by atoms with Crippen molar-refractivity contribution < 1.29 is 32.3 Å². The summed E-state index contributed by atoms with van der Waals surface area (Å²) in [5.41, 5.74) is -0.676. The van der Waals surface area contributed by atoms with Crippen LogP contribution in [0.2, 0.25) is 0 Å². The average Bonchev–Trinajstić information content (AvgIpc) is 2.99. The van der Waals surface area contributed by atoms with Gasteiger partial charge in [-0.25, -0.2) is 19.3 Å². The molecule has 2 heterocycles. The van der Waals surface area contributed by atoms with Crippen molar-refractivity contribution in [1.82, 2.24) is 25.4 Å². The van der Waals surface area contributed by atoms with Gasteiger partial charge in [-0.2, -0.15) is 18.3 Å². The number of aromatic nitrogens is 3. The molecule has 0 saturated heterocycles. The molecule has 0 radical (unpaired) electrons. The van der Waals surface area contributed by atoms with Crippen LogP contribution < -0.4 is 10.6 Å². The maximum Gasteiger partial charge on any atom is 0.417 e. The maximum absolute atomic E-state index is 12.6. The molecule has 0 fully saturated rings. The van der Waals surface area contributed by atoms with Gasteiger partial charge in [0.15, 0.2) is 12.4 Å². The summed E-state index contributed by atoms with van der Waals surface area (Å²) in [5.74, 6) is -1.65. The topological polar surface area (TPSA) is 115 Å². The molecule has 2 aromatic heterocycles. The van der Waals surface area contributed by atoms with Gasteiger partial charge in [0.2, 0.25) is 0 Å². The molecule has 0 spiro atoms. The van der Waals surface area contributed by atoms with Gasteiger partial charge in [-0.05, 0) is 32.9 Å². The molecule has 0 atom stereocenters. The summed E-state index contributed by atoms with van der Waals surface area (Å²) in [5, 5.41) is 8.34. The highest BCUT2D eigenvalue weighted by atomic mass is 19.4. The minimum absolute atomic E-state index is 0.00821. The van der Waals surface area contributed by atoms with Crippen LogP contribution >= 0.6 is 0 Å². The standard InChI is InChI=1S/C17H18F3N5O4/c1-9(2)23-16(28)24-14(26)8-29-15(27)12-7-22-25(10(12)3)13-5-4-11(6-21-13)17(18,19)20/h4-7,9H,8H2,1-3H3,(H2,23,24,26,28). The Morgan fingerprint density at radius 3 is 2.45 bits per heavy atom. The van der Waals surface area contributed by atoms with Crippen LogP contribution in [0.4, 0.5) is 18.0 Å². The quantitative estimate of drug-likeness (QED) is 0.725. The van der Waals surface area contributed by atoms with Crippen molar-refractivity contribution in [2.24, 2.45) is 0 Å². The third-order valence-electron chi connectivity index (χ3n) is 3.53. The summed E-state index contributed by atoms with van der Waals surface area (Å²) in [4.78, 5) is 38.9. The number of imide groups is 1. The second kappa shape index (κ2) is 8.71. The molecule has 0 aliphatic carbocycles. The number of alkyl halides is 3. The van der Waals surface area contributed by atoms with E-state index in [1.807, 2.05) is 5.32 Å². The lowest BCUT2D eigenvalue weighted by atomic mass is 10.2. The first-order chi connectivity index (χ1) is 13.5. The number of hydrogen-bond acceptors (Lipinski definition) is 6. The van der Waals surface area contributed by atoms with Crippen molar-refractivity contribution in [2.75, 3.05) is 6.61 Å². The third-order valence-corrected chi connectivity index (χ3v) is 3.53. The summed E-state index contributed by atoms with van der Waals surface area (Å²) in [6, 6.07) is 1.04. The zero-order chi connectivity index (χ0) is 21.8. The van der Waals surface area contributed by atoms with Gasteiger partial charge in [-0.15, -0.1) is 0 Å². The number of carbonyl (C=O) groups is 3. The molecule has 29 heavy (non-hydrogen) atoms. The van der Waals surface area contributed by atoms with E-state index in [1.54, 1.807) is 13.8 Å². The lowest BCUT2D eigenvalue weighted by Crippen LogP contribution is -2.44. The molecular formula is C17H18F3N5O4. The van der Waals surface area contributed by atoms with E-state index in [2.05, 4.69) is 15.4 Å². The zero-order valence-corrected chi connectivity index (χ0v) is 15.7. The van der Waals surface area contributed by atoms with Crippen LogP contribution in [-0.4, -0.2) is 45.3 Å². The van der Waals surface area contributed by atoms with Crippen molar-refractivity contribution in [3.05, 3.63) is 41.3 Å². The Morgan fingerprint density at radius 1 is 1.21 bits per heavy atom. The van der Waals surface area contributed by atoms with Gasteiger partial charge in [-0.1, -0.05) is 0 Å². The molecule has 2 rings (SSSR count). The van der Waals surface area contributed by atoms with Crippen molar-refractivity contribution in [3.63, 3.8) is 0 Å². The van der Waals surface area contributed by atoms with E-state index in [9.17, 15) is 27.6 Å². The van der Waals surface area contributed by atoms with Crippen LogP contribution in [0.25, 0.3) is 5.82 Å². The first kappa shape index (κ1) is 21.9. The van der Waals surface area contributed by atoms with Crippen molar-refractivity contribution in [3.8, 4) is 5.82 Å². The smallest absolute Gasteiger partial charge is 0.417 e. The summed E-state index contributed by atoms with van der Waals surface area (Å²) >= 11 is 0. The molecule has 0 aromatic carbocycles. The number of urea groups is 1. The molecule has 0 saturated carbocycles. The monoisotopic (exact) mass is 413 g/mol. The molecule has 0 aliphatic heterocycles. The van der Waals surface area contributed by atoms with Gasteiger partial charge < -0.3 is 10.1 Å². The highest BCUT2D eigenvalue weighted by Crippen LogP contribution is 2.28. The number of nitrogens with zero attached hydrogens (tertiary/aromatic N) is 3. The number of hydrogen-bond donors (Lipinski definition) is 2. The number of halogens is 3. The molecule has 0 unspecified atom stereocenters. The van der Waals surface area contributed by atoms with Crippen molar-refractivity contribution in [2.45, 2.75) is 33.0 Å². The van der Waals surface area contributed by atoms with Crippen LogP contribution in [0.3, 0.4) is 0 Å². The van der Waals surface area contributed by atoms with Gasteiger partial charge in [0.25, 0.3) is 5.91 Å². The van der Waals surface area contributed by atoms with Crippen molar-refractivity contribution in [1.29, 1.82) is 0 Å². The largest absolute Gasteiger partial charge is 0.452 e. The van der Waals surface area contributed by atoms with Crippen LogP contribution in [0.5, 0.6) is 0 Å². The predicted octanol–water partition coefficient (Wildman–Crippen LogP) is 1.99. The van der Waals surface area contributed by atoms with Gasteiger partial charge in [0.1, 0.15) is 5.56 Å². The normalized spacial score (nSPS) is 11.3. The van der Waals surface area contributed by atoms with E-state index in [0.717, 1.165) is 23.0 Å². The van der Waals surface area contributed by atoms with E-state index in [0.29, 0.717) is 6.20 Å². The number of pyridine rings is 1. The SMILES string of the molecule is Cc1c(C(=O)OCC(=O)NC(=O)NC(C)C)cnn1-c1ccc(C(F)(F)F)cn1. The Labute approximate surface area is 163 Å². The third kappa shape index (κ3) is 5.77. The van der Waals surface area contributed by atoms with E-state index >= 15 is 0 Å². The highest BCUT2D eigenvalue weighted by molar-refractivity contribution is 5.97. The predicted molar refractivity (Wildman–Crippen MR) is 93.2 cm³/mol. The molecule has 156 valence electrons. The van der Waals surface area contributed by atoms with Gasteiger partial charge in [0, 0.05) is 12.2 Å². The van der Waals surface area contributed by atoms with E-state index in [1.165, 1.54) is 6.92 Å². The van der Waals surface area contributed by atoms with Gasteiger partial charge in [0.05, 0.1) is 17.5 Å². The Morgan fingerprint density at radius 2 is 1.90 bits per heavy atom. The molecule has 2 N–H and O–H groups in total. The summed E-state index contributed by atoms with van der Waals surface area (Å²) < 4.78 is 43.9. The van der Waals surface area contributed by atoms with Crippen LogP contribution in [0, 0.1) is 6.92 Å². The average molecular weight is 413 g/mol. The minimum atomic E-state index is -4.52. The van der Waals surface area contributed by atoms with Crippen LogP contribution in [0.1, 0.15) is 35.5 Å². The number of ether oxygens (including phenoxy) is 1. The van der Waals surface area contributed by atoms with Gasteiger partial charge >= 0.3 is 18.2 Å². The number of rotatable bonds is 5. The number of esters is 1. The molecule has 0 bridgehead atoms. The summed E-state index contributed by atoms with van der Waals surface area (Å²) in [6.45, 7) is 4.19. The molecule has 3 amide bonds. The Kier molecular flexibility index (Phi) is 6.56. The van der Waals surface area contributed by atoms with Crippen LogP contribution in [0.15, 0.2) is 24.5 Å². The molecule has 12 heteroatoms. The zero-order valence-electron chi connectivity index (χ0n) is 15.7. The summed E-state index contributed by atoms with van der Waals surface area (Å²) in [6.07, 6.45) is -2.73. The highest BCUT2D eigenvalue weighted by Gasteiger charge is 2.31. The number of nitrogens with one attached hydrogen (secondary N) is 2. The second-order valence-corrected chi connectivity index (χ2v) is 6.21. The molecule has 0 aliphatic rings. The first-order valence-corrected chi connectivity index (χ1v) is 8.34. The van der Waals surface area contributed by atoms with Gasteiger partial charge in [-0.3, -0.25) is 10.1 Å². The lowest BCUT2D eigenvalue weighted by molar-refractivity contribution is -0.137.